The molecule has 0 spiro atoms. The van der Waals surface area contributed by atoms with Crippen LogP contribution < -0.4 is 14.8 Å². The number of hydrogen-bond donors (Lipinski definition) is 1. The Morgan fingerprint density at radius 3 is 2.83 bits per heavy atom. The van der Waals surface area contributed by atoms with Gasteiger partial charge in [-0.3, -0.25) is 0 Å². The Morgan fingerprint density at radius 2 is 2.00 bits per heavy atom. The van der Waals surface area contributed by atoms with Gasteiger partial charge in [0.25, 0.3) is 0 Å². The van der Waals surface area contributed by atoms with Crippen molar-refractivity contribution in [3.05, 3.63) is 47.5 Å². The zero-order valence-corrected chi connectivity index (χ0v) is 20.3. The van der Waals surface area contributed by atoms with E-state index in [1.807, 2.05) is 12.1 Å². The number of likely N-dealkylation sites (tertiary alicyclic amines) is 1. The minimum Gasteiger partial charge on any atom is -0.493 e. The van der Waals surface area contributed by atoms with Gasteiger partial charge in [-0.05, 0) is 37.1 Å². The summed E-state index contributed by atoms with van der Waals surface area (Å²) in [6, 6.07) is 8.10. The summed E-state index contributed by atoms with van der Waals surface area (Å²) < 4.78 is 36.9. The molecule has 0 saturated carbocycles. The smallest absolute Gasteiger partial charge is 0.162 e. The summed E-state index contributed by atoms with van der Waals surface area (Å²) in [6.07, 6.45) is 3.72. The number of halogens is 2. The predicted molar refractivity (Wildman–Crippen MR) is 131 cm³/mol. The van der Waals surface area contributed by atoms with Gasteiger partial charge in [0.15, 0.2) is 11.5 Å². The fourth-order valence-corrected chi connectivity index (χ4v) is 4.71. The van der Waals surface area contributed by atoms with Crippen molar-refractivity contribution in [2.75, 3.05) is 51.9 Å². The summed E-state index contributed by atoms with van der Waals surface area (Å²) in [5, 5.41) is 3.97. The van der Waals surface area contributed by atoms with Gasteiger partial charge in [-0.1, -0.05) is 11.6 Å². The van der Waals surface area contributed by atoms with Gasteiger partial charge in [0, 0.05) is 36.8 Å². The zero-order valence-electron chi connectivity index (χ0n) is 19.5. The van der Waals surface area contributed by atoms with E-state index in [0.29, 0.717) is 48.3 Å². The van der Waals surface area contributed by atoms with Crippen molar-refractivity contribution in [2.45, 2.75) is 25.0 Å². The number of anilines is 2. The first kappa shape index (κ1) is 24.0. The highest BCUT2D eigenvalue weighted by atomic mass is 35.5. The highest BCUT2D eigenvalue weighted by Crippen LogP contribution is 2.35. The number of hydrogen-bond acceptors (Lipinski definition) is 8. The molecule has 2 aromatic carbocycles. The third-order valence-corrected chi connectivity index (χ3v) is 6.60. The molecule has 0 aliphatic carbocycles. The fourth-order valence-electron chi connectivity index (χ4n) is 4.53. The van der Waals surface area contributed by atoms with Crippen molar-refractivity contribution in [3.63, 3.8) is 0 Å². The van der Waals surface area contributed by atoms with Gasteiger partial charge in [0.1, 0.15) is 18.0 Å². The maximum Gasteiger partial charge on any atom is 0.162 e. The molecule has 5 rings (SSSR count). The molecule has 2 aliphatic heterocycles. The average molecular weight is 503 g/mol. The number of benzene rings is 2. The Kier molecular flexibility index (Phi) is 7.48. The van der Waals surface area contributed by atoms with Gasteiger partial charge >= 0.3 is 0 Å². The van der Waals surface area contributed by atoms with Crippen LogP contribution in [0.4, 0.5) is 15.9 Å². The van der Waals surface area contributed by atoms with Gasteiger partial charge in [0.05, 0.1) is 49.7 Å². The molecule has 2 fully saturated rings. The van der Waals surface area contributed by atoms with Crippen LogP contribution in [0.25, 0.3) is 10.9 Å². The van der Waals surface area contributed by atoms with Gasteiger partial charge in [-0.15, -0.1) is 0 Å². The van der Waals surface area contributed by atoms with Crippen LogP contribution in [0.2, 0.25) is 5.02 Å². The van der Waals surface area contributed by atoms with Gasteiger partial charge in [-0.2, -0.15) is 0 Å². The van der Waals surface area contributed by atoms with Crippen LogP contribution in [0, 0.1) is 5.82 Å². The number of methoxy groups -OCH3 is 1. The highest BCUT2D eigenvalue weighted by Gasteiger charge is 2.32. The monoisotopic (exact) mass is 502 g/mol. The molecular formula is C25H28ClFN4O4. The van der Waals surface area contributed by atoms with Crippen molar-refractivity contribution in [3.8, 4) is 11.5 Å². The van der Waals surface area contributed by atoms with Crippen molar-refractivity contribution in [1.29, 1.82) is 0 Å². The third-order valence-electron chi connectivity index (χ3n) is 6.31. The molecule has 3 aromatic rings. The molecule has 8 nitrogen and oxygen atoms in total. The van der Waals surface area contributed by atoms with E-state index in [0.717, 1.165) is 37.9 Å². The van der Waals surface area contributed by atoms with Crippen molar-refractivity contribution in [1.82, 2.24) is 14.9 Å². The minimum atomic E-state index is -0.478. The van der Waals surface area contributed by atoms with E-state index in [2.05, 4.69) is 20.2 Å². The third kappa shape index (κ3) is 5.59. The van der Waals surface area contributed by atoms with E-state index in [1.165, 1.54) is 18.5 Å². The van der Waals surface area contributed by atoms with Crippen LogP contribution in [0.3, 0.4) is 0 Å². The second kappa shape index (κ2) is 10.9. The van der Waals surface area contributed by atoms with Gasteiger partial charge < -0.3 is 29.2 Å². The summed E-state index contributed by atoms with van der Waals surface area (Å²) in [5.74, 6) is 1.29. The molecule has 0 bridgehead atoms. The number of aromatic nitrogens is 2. The highest BCUT2D eigenvalue weighted by molar-refractivity contribution is 6.31. The molecule has 2 atom stereocenters. The molecule has 2 aliphatic rings. The lowest BCUT2D eigenvalue weighted by molar-refractivity contribution is -0.165. The maximum absolute atomic E-state index is 13.5. The number of nitrogens with zero attached hydrogens (tertiary/aromatic N) is 3. The van der Waals surface area contributed by atoms with Crippen LogP contribution in [-0.4, -0.2) is 73.6 Å². The quantitative estimate of drug-likeness (QED) is 0.453. The zero-order chi connectivity index (χ0) is 24.2. The Morgan fingerprint density at radius 1 is 1.14 bits per heavy atom. The molecule has 0 amide bonds. The Hall–Kier alpha value is -2.72. The van der Waals surface area contributed by atoms with E-state index in [4.69, 9.17) is 30.5 Å². The lowest BCUT2D eigenvalue weighted by Crippen LogP contribution is -2.52. The summed E-state index contributed by atoms with van der Waals surface area (Å²) in [6.45, 7) is 4.72. The van der Waals surface area contributed by atoms with E-state index >= 15 is 0 Å². The summed E-state index contributed by atoms with van der Waals surface area (Å²) in [7, 11) is 1.60. The normalized spacial score (nSPS) is 20.4. The average Bonchev–Trinajstić information content (AvgIpc) is 2.88. The Balaban J connectivity index is 1.25. The molecule has 2 unspecified atom stereocenters. The largest absolute Gasteiger partial charge is 0.493 e. The van der Waals surface area contributed by atoms with E-state index in [1.54, 1.807) is 13.2 Å². The lowest BCUT2D eigenvalue weighted by atomic mass is 10.0. The molecule has 35 heavy (non-hydrogen) atoms. The number of nitrogens with one attached hydrogen (secondary N) is 1. The lowest BCUT2D eigenvalue weighted by Gasteiger charge is -2.40. The molecular weight excluding hydrogens is 475 g/mol. The SMILES string of the molecule is COc1cc2ncnc(Nc3ccc(F)c(Cl)c3)c2cc1OCCCN1CCC2OCCOC2C1. The Labute approximate surface area is 208 Å². The first-order valence-corrected chi connectivity index (χ1v) is 12.1. The molecule has 3 heterocycles. The molecule has 1 aromatic heterocycles. The number of piperidine rings is 1. The fraction of sp³-hybridized carbons (Fsp3) is 0.440. The van der Waals surface area contributed by atoms with E-state index in [-0.39, 0.29) is 17.2 Å². The number of rotatable bonds is 8. The van der Waals surface area contributed by atoms with Crippen LogP contribution in [-0.2, 0) is 9.47 Å². The van der Waals surface area contributed by atoms with Crippen LogP contribution >= 0.6 is 11.6 Å². The Bertz CT molecular complexity index is 1180. The van der Waals surface area contributed by atoms with Crippen molar-refractivity contribution in [2.24, 2.45) is 0 Å². The van der Waals surface area contributed by atoms with Gasteiger partial charge in [0.2, 0.25) is 0 Å². The molecule has 0 radical (unpaired) electrons. The standard InChI is InChI=1S/C25H28ClFN4O4/c1-32-22-13-20-17(25(29-15-28-20)30-16-3-4-19(27)18(26)11-16)12-23(22)33-8-2-6-31-7-5-21-24(14-31)35-10-9-34-21/h3-4,11-13,15,21,24H,2,5-10,14H2,1H3,(H,28,29,30). The second-order valence-corrected chi connectivity index (χ2v) is 9.01. The first-order valence-electron chi connectivity index (χ1n) is 11.7. The molecule has 186 valence electrons. The van der Waals surface area contributed by atoms with E-state index < -0.39 is 5.82 Å². The number of ether oxygens (including phenoxy) is 4. The summed E-state index contributed by atoms with van der Waals surface area (Å²) in [5.41, 5.74) is 1.31. The maximum atomic E-state index is 13.5. The molecule has 10 heteroatoms. The predicted octanol–water partition coefficient (Wildman–Crippen LogP) is 4.43. The van der Waals surface area contributed by atoms with Crippen molar-refractivity contribution >= 4 is 34.0 Å². The van der Waals surface area contributed by atoms with Crippen molar-refractivity contribution < 1.29 is 23.3 Å². The van der Waals surface area contributed by atoms with Crippen LogP contribution in [0.15, 0.2) is 36.7 Å². The topological polar surface area (TPSA) is 78.0 Å². The first-order chi connectivity index (χ1) is 17.1. The molecule has 1 N–H and O–H groups in total. The number of fused-ring (bicyclic) bond motifs is 2. The summed E-state index contributed by atoms with van der Waals surface area (Å²) in [4.78, 5) is 11.1. The minimum absolute atomic E-state index is 0.0332. The van der Waals surface area contributed by atoms with Gasteiger partial charge in [-0.25, -0.2) is 14.4 Å². The second-order valence-electron chi connectivity index (χ2n) is 8.61. The molecule has 2 saturated heterocycles. The van der Waals surface area contributed by atoms with E-state index in [9.17, 15) is 4.39 Å². The van der Waals surface area contributed by atoms with Crippen LogP contribution in [0.5, 0.6) is 11.5 Å². The summed E-state index contributed by atoms with van der Waals surface area (Å²) >= 11 is 5.92. The van der Waals surface area contributed by atoms with Crippen LogP contribution in [0.1, 0.15) is 12.8 Å².